The second kappa shape index (κ2) is 2.62. The highest BCUT2D eigenvalue weighted by Crippen LogP contribution is 2.15. The van der Waals surface area contributed by atoms with Gasteiger partial charge in [-0.05, 0) is 25.5 Å². The molecule has 1 aliphatic rings. The Labute approximate surface area is 55.8 Å². The summed E-state index contributed by atoms with van der Waals surface area (Å²) in [5.74, 6) is 0. The Bertz CT molecular complexity index is 185. The molecule has 0 spiro atoms. The molecule has 1 heteroatoms. The smallest absolute Gasteiger partial charge is 0.0615 e. The van der Waals surface area contributed by atoms with Gasteiger partial charge in [0.25, 0.3) is 0 Å². The first-order chi connectivity index (χ1) is 4.34. The molecule has 48 valence electrons. The van der Waals surface area contributed by atoms with E-state index < -0.39 is 0 Å². The molecule has 0 saturated carbocycles. The minimum Gasteiger partial charge on any atom is -0.261 e. The van der Waals surface area contributed by atoms with E-state index in [0.717, 1.165) is 12.1 Å². The maximum atomic E-state index is 4.17. The van der Waals surface area contributed by atoms with E-state index in [1.807, 2.05) is 25.3 Å². The largest absolute Gasteiger partial charge is 0.261 e. The summed E-state index contributed by atoms with van der Waals surface area (Å²) in [6, 6.07) is 0. The Balaban J connectivity index is 2.77. The standard InChI is InChI=1S/C8H11N/c1-3-4-8-7(2)5-6-9-8/h3-4,6H,5H2,1-2H3/b4-3-. The fourth-order valence-corrected chi connectivity index (χ4v) is 0.839. The summed E-state index contributed by atoms with van der Waals surface area (Å²) in [6.07, 6.45) is 7.03. The zero-order valence-electron chi connectivity index (χ0n) is 5.89. The van der Waals surface area contributed by atoms with E-state index in [9.17, 15) is 0 Å². The van der Waals surface area contributed by atoms with E-state index in [1.165, 1.54) is 5.57 Å². The number of rotatable bonds is 1. The van der Waals surface area contributed by atoms with Crippen LogP contribution in [0, 0.1) is 0 Å². The van der Waals surface area contributed by atoms with E-state index in [1.54, 1.807) is 0 Å². The first kappa shape index (κ1) is 6.27. The Morgan fingerprint density at radius 3 is 2.89 bits per heavy atom. The summed E-state index contributed by atoms with van der Waals surface area (Å²) in [5, 5.41) is 0. The number of allylic oxidation sites excluding steroid dienone is 3. The fraction of sp³-hybridized carbons (Fsp3) is 0.375. The molecule has 0 radical (unpaired) electrons. The lowest BCUT2D eigenvalue weighted by atomic mass is 10.2. The molecule has 0 aromatic rings. The Hall–Kier alpha value is -0.850. The maximum absolute atomic E-state index is 4.17. The van der Waals surface area contributed by atoms with Gasteiger partial charge in [-0.3, -0.25) is 4.99 Å². The van der Waals surface area contributed by atoms with Crippen LogP contribution >= 0.6 is 0 Å². The molecule has 0 bridgehead atoms. The average molecular weight is 121 g/mol. The lowest BCUT2D eigenvalue weighted by molar-refractivity contribution is 1.27. The summed E-state index contributed by atoms with van der Waals surface area (Å²) < 4.78 is 0. The van der Waals surface area contributed by atoms with Crippen LogP contribution in [0.3, 0.4) is 0 Å². The van der Waals surface area contributed by atoms with Gasteiger partial charge in [-0.2, -0.15) is 0 Å². The van der Waals surface area contributed by atoms with Gasteiger partial charge in [0.05, 0.1) is 5.70 Å². The lowest BCUT2D eigenvalue weighted by Crippen LogP contribution is -1.71. The third-order valence-corrected chi connectivity index (χ3v) is 1.39. The summed E-state index contributed by atoms with van der Waals surface area (Å²) in [6.45, 7) is 4.12. The van der Waals surface area contributed by atoms with Crippen molar-refractivity contribution in [1.29, 1.82) is 0 Å². The number of aliphatic imine (C=N–C) groups is 1. The molecule has 1 heterocycles. The molecule has 0 unspecified atom stereocenters. The van der Waals surface area contributed by atoms with Crippen molar-refractivity contribution in [3.05, 3.63) is 23.4 Å². The van der Waals surface area contributed by atoms with Crippen molar-refractivity contribution in [1.82, 2.24) is 0 Å². The van der Waals surface area contributed by atoms with Crippen LogP contribution in [-0.2, 0) is 0 Å². The minimum absolute atomic E-state index is 1.03. The van der Waals surface area contributed by atoms with Crippen molar-refractivity contribution in [3.8, 4) is 0 Å². The molecule has 0 fully saturated rings. The molecular weight excluding hydrogens is 110 g/mol. The van der Waals surface area contributed by atoms with Gasteiger partial charge in [-0.1, -0.05) is 6.08 Å². The molecule has 1 nitrogen and oxygen atoms in total. The van der Waals surface area contributed by atoms with Gasteiger partial charge < -0.3 is 0 Å². The van der Waals surface area contributed by atoms with Gasteiger partial charge >= 0.3 is 0 Å². The lowest BCUT2D eigenvalue weighted by Gasteiger charge is -1.89. The monoisotopic (exact) mass is 121 g/mol. The number of hydrogen-bond donors (Lipinski definition) is 0. The molecule has 1 rings (SSSR count). The summed E-state index contributed by atoms with van der Waals surface area (Å²) >= 11 is 0. The first-order valence-electron chi connectivity index (χ1n) is 3.19. The van der Waals surface area contributed by atoms with E-state index in [2.05, 4.69) is 11.9 Å². The highest BCUT2D eigenvalue weighted by molar-refractivity contribution is 5.68. The predicted molar refractivity (Wildman–Crippen MR) is 40.6 cm³/mol. The second-order valence-electron chi connectivity index (χ2n) is 2.18. The molecule has 0 amide bonds. The van der Waals surface area contributed by atoms with E-state index in [-0.39, 0.29) is 0 Å². The Morgan fingerprint density at radius 1 is 1.67 bits per heavy atom. The molecule has 0 saturated heterocycles. The molecule has 0 aromatic heterocycles. The van der Waals surface area contributed by atoms with Crippen LogP contribution in [0.25, 0.3) is 0 Å². The number of hydrogen-bond acceptors (Lipinski definition) is 1. The Morgan fingerprint density at radius 2 is 2.44 bits per heavy atom. The molecule has 0 aromatic carbocycles. The van der Waals surface area contributed by atoms with Crippen molar-refractivity contribution in [2.24, 2.45) is 4.99 Å². The summed E-state index contributed by atoms with van der Waals surface area (Å²) in [7, 11) is 0. The van der Waals surface area contributed by atoms with Gasteiger partial charge in [0.1, 0.15) is 0 Å². The minimum atomic E-state index is 1.03. The molecule has 9 heavy (non-hydrogen) atoms. The molecule has 0 atom stereocenters. The topological polar surface area (TPSA) is 12.4 Å². The fourth-order valence-electron chi connectivity index (χ4n) is 0.839. The highest BCUT2D eigenvalue weighted by atomic mass is 14.7. The van der Waals surface area contributed by atoms with Crippen molar-refractivity contribution < 1.29 is 0 Å². The number of nitrogens with zero attached hydrogens (tertiary/aromatic N) is 1. The van der Waals surface area contributed by atoms with Crippen LogP contribution in [0.5, 0.6) is 0 Å². The van der Waals surface area contributed by atoms with Crippen LogP contribution in [0.1, 0.15) is 20.3 Å². The van der Waals surface area contributed by atoms with Crippen LogP contribution in [-0.4, -0.2) is 6.21 Å². The van der Waals surface area contributed by atoms with Crippen molar-refractivity contribution in [3.63, 3.8) is 0 Å². The zero-order valence-corrected chi connectivity index (χ0v) is 5.89. The van der Waals surface area contributed by atoms with Crippen molar-refractivity contribution >= 4 is 6.21 Å². The maximum Gasteiger partial charge on any atom is 0.0615 e. The third-order valence-electron chi connectivity index (χ3n) is 1.39. The van der Waals surface area contributed by atoms with Crippen molar-refractivity contribution in [2.75, 3.05) is 0 Å². The predicted octanol–water partition coefficient (Wildman–Crippen LogP) is 2.31. The van der Waals surface area contributed by atoms with Crippen LogP contribution < -0.4 is 0 Å². The van der Waals surface area contributed by atoms with Gasteiger partial charge in [-0.15, -0.1) is 0 Å². The SMILES string of the molecule is C/C=C\C1=C(C)CC=N1. The van der Waals surface area contributed by atoms with Gasteiger partial charge in [0, 0.05) is 12.6 Å². The van der Waals surface area contributed by atoms with E-state index >= 15 is 0 Å². The van der Waals surface area contributed by atoms with Gasteiger partial charge in [0.2, 0.25) is 0 Å². The van der Waals surface area contributed by atoms with E-state index in [4.69, 9.17) is 0 Å². The van der Waals surface area contributed by atoms with Crippen LogP contribution in [0.4, 0.5) is 0 Å². The van der Waals surface area contributed by atoms with Crippen LogP contribution in [0.15, 0.2) is 28.4 Å². The summed E-state index contributed by atoms with van der Waals surface area (Å²) in [4.78, 5) is 4.17. The molecule has 0 N–H and O–H groups in total. The van der Waals surface area contributed by atoms with Gasteiger partial charge in [0.15, 0.2) is 0 Å². The zero-order chi connectivity index (χ0) is 6.69. The quantitative estimate of drug-likeness (QED) is 0.504. The summed E-state index contributed by atoms with van der Waals surface area (Å²) in [5.41, 5.74) is 2.51. The molecular formula is C8H11N. The Kier molecular flexibility index (Phi) is 1.83. The van der Waals surface area contributed by atoms with E-state index in [0.29, 0.717) is 0 Å². The van der Waals surface area contributed by atoms with Crippen LogP contribution in [0.2, 0.25) is 0 Å². The second-order valence-corrected chi connectivity index (χ2v) is 2.18. The first-order valence-corrected chi connectivity index (χ1v) is 3.19. The van der Waals surface area contributed by atoms with Crippen molar-refractivity contribution in [2.45, 2.75) is 20.3 Å². The normalized spacial score (nSPS) is 18.4. The average Bonchev–Trinajstić information content (AvgIpc) is 2.18. The highest BCUT2D eigenvalue weighted by Gasteiger charge is 2.00. The van der Waals surface area contributed by atoms with Gasteiger partial charge in [-0.25, -0.2) is 0 Å². The molecule has 1 aliphatic heterocycles. The third kappa shape index (κ3) is 1.28. The molecule has 0 aliphatic carbocycles.